The number of halogens is 1. The normalized spacial score (nSPS) is 17.7. The second-order valence-electron chi connectivity index (χ2n) is 4.19. The van der Waals surface area contributed by atoms with Gasteiger partial charge in [0.25, 0.3) is 0 Å². The van der Waals surface area contributed by atoms with Crippen LogP contribution in [-0.4, -0.2) is 29.0 Å². The Morgan fingerprint density at radius 1 is 1.32 bits per heavy atom. The smallest absolute Gasteiger partial charge is 0.198 e. The molecule has 0 spiro atoms. The largest absolute Gasteiger partial charge is 0.371 e. The fourth-order valence-corrected chi connectivity index (χ4v) is 3.10. The molecule has 1 unspecified atom stereocenters. The van der Waals surface area contributed by atoms with Gasteiger partial charge < -0.3 is 10.4 Å². The summed E-state index contributed by atoms with van der Waals surface area (Å²) in [5, 5.41) is 16.6. The molecule has 1 aliphatic rings. The summed E-state index contributed by atoms with van der Waals surface area (Å²) < 4.78 is 0. The first-order valence-electron chi connectivity index (χ1n) is 5.89. The molecule has 19 heavy (non-hydrogen) atoms. The van der Waals surface area contributed by atoms with E-state index in [9.17, 15) is 5.11 Å². The Morgan fingerprint density at radius 2 is 2.21 bits per heavy atom. The van der Waals surface area contributed by atoms with Gasteiger partial charge in [0, 0.05) is 11.4 Å². The lowest BCUT2D eigenvalue weighted by molar-refractivity contribution is 0.151. The molecule has 98 valence electrons. The number of rotatable bonds is 3. The van der Waals surface area contributed by atoms with Gasteiger partial charge in [-0.2, -0.15) is 0 Å². The minimum atomic E-state index is -1.35. The van der Waals surface area contributed by atoms with E-state index in [2.05, 4.69) is 15.3 Å². The first-order chi connectivity index (χ1) is 9.21. The maximum Gasteiger partial charge on any atom is 0.198 e. The summed E-state index contributed by atoms with van der Waals surface area (Å²) in [6.45, 7) is 1.38. The van der Waals surface area contributed by atoms with Crippen molar-refractivity contribution in [2.24, 2.45) is 4.99 Å². The van der Waals surface area contributed by atoms with Crippen molar-refractivity contribution in [3.63, 3.8) is 0 Å². The van der Waals surface area contributed by atoms with Gasteiger partial charge in [0.15, 0.2) is 5.60 Å². The van der Waals surface area contributed by atoms with Crippen LogP contribution in [0.5, 0.6) is 0 Å². The predicted molar refractivity (Wildman–Crippen MR) is 76.9 cm³/mol. The number of amidine groups is 1. The first-order valence-corrected chi connectivity index (χ1v) is 7.15. The molecule has 0 aliphatic carbocycles. The Morgan fingerprint density at radius 3 is 2.84 bits per heavy atom. The summed E-state index contributed by atoms with van der Waals surface area (Å²) in [6.07, 6.45) is 0. The molecule has 0 radical (unpaired) electrons. The minimum absolute atomic E-state index is 0.353. The van der Waals surface area contributed by atoms with Gasteiger partial charge in [0.2, 0.25) is 0 Å². The van der Waals surface area contributed by atoms with Gasteiger partial charge in [0.1, 0.15) is 11.0 Å². The van der Waals surface area contributed by atoms with Crippen LogP contribution in [0.3, 0.4) is 0 Å². The van der Waals surface area contributed by atoms with Crippen LogP contribution in [0.15, 0.2) is 40.7 Å². The molecule has 1 aliphatic heterocycles. The highest BCUT2D eigenvalue weighted by molar-refractivity contribution is 7.10. The van der Waals surface area contributed by atoms with Crippen molar-refractivity contribution < 1.29 is 5.11 Å². The number of thiophene rings is 1. The van der Waals surface area contributed by atoms with Gasteiger partial charge in [-0.25, -0.2) is 4.98 Å². The second kappa shape index (κ2) is 4.92. The van der Waals surface area contributed by atoms with Crippen molar-refractivity contribution in [3.8, 4) is 0 Å². The van der Waals surface area contributed by atoms with Gasteiger partial charge in [-0.1, -0.05) is 23.7 Å². The van der Waals surface area contributed by atoms with Crippen LogP contribution in [0.25, 0.3) is 0 Å². The Kier molecular flexibility index (Phi) is 3.26. The Balaban J connectivity index is 2.16. The molecule has 3 rings (SSSR count). The van der Waals surface area contributed by atoms with Crippen LogP contribution in [0, 0.1) is 0 Å². The zero-order valence-electron chi connectivity index (χ0n) is 10.0. The first kappa shape index (κ1) is 12.6. The molecule has 2 aromatic rings. The van der Waals surface area contributed by atoms with Crippen molar-refractivity contribution in [1.82, 2.24) is 10.3 Å². The molecule has 6 heteroatoms. The molecule has 0 amide bonds. The van der Waals surface area contributed by atoms with Crippen molar-refractivity contribution in [1.29, 1.82) is 0 Å². The summed E-state index contributed by atoms with van der Waals surface area (Å²) >= 11 is 7.40. The van der Waals surface area contributed by atoms with Gasteiger partial charge in [0.05, 0.1) is 12.2 Å². The zero-order chi connectivity index (χ0) is 13.3. The average Bonchev–Trinajstić information content (AvgIpc) is 3.11. The number of aromatic nitrogens is 1. The van der Waals surface area contributed by atoms with E-state index in [0.717, 1.165) is 11.4 Å². The lowest BCUT2D eigenvalue weighted by Crippen LogP contribution is -2.43. The van der Waals surface area contributed by atoms with Gasteiger partial charge in [-0.05, 0) is 23.6 Å². The molecule has 0 aromatic carbocycles. The molecule has 0 saturated heterocycles. The summed E-state index contributed by atoms with van der Waals surface area (Å²) in [5.41, 5.74) is -0.870. The third-order valence-electron chi connectivity index (χ3n) is 2.98. The van der Waals surface area contributed by atoms with Crippen molar-refractivity contribution in [2.75, 3.05) is 13.1 Å². The third kappa shape index (κ3) is 2.14. The molecule has 0 bridgehead atoms. The Bertz CT molecular complexity index is 614. The van der Waals surface area contributed by atoms with E-state index in [-0.39, 0.29) is 0 Å². The van der Waals surface area contributed by atoms with Crippen LogP contribution in [0.2, 0.25) is 5.15 Å². The van der Waals surface area contributed by atoms with Crippen molar-refractivity contribution in [3.05, 3.63) is 51.4 Å². The highest BCUT2D eigenvalue weighted by Gasteiger charge is 2.41. The molecule has 2 N–H and O–H groups in total. The number of aliphatic imine (C=N–C) groups is 1. The molecule has 0 saturated carbocycles. The predicted octanol–water partition coefficient (Wildman–Crippen LogP) is 2.03. The van der Waals surface area contributed by atoms with E-state index in [4.69, 9.17) is 11.6 Å². The standard InChI is InChI=1S/C13H12ClN3OS/c14-11-5-1-3-9(17-11)13(18,10-4-2-8-19-10)12-15-6-7-16-12/h1-5,8,18H,6-7H2,(H,15,16). The van der Waals surface area contributed by atoms with Crippen molar-refractivity contribution >= 4 is 28.8 Å². The lowest BCUT2D eigenvalue weighted by Gasteiger charge is -2.26. The molecule has 0 fully saturated rings. The monoisotopic (exact) mass is 293 g/mol. The Labute approximate surface area is 119 Å². The topological polar surface area (TPSA) is 57.5 Å². The van der Waals surface area contributed by atoms with E-state index in [1.54, 1.807) is 18.2 Å². The number of hydrogen-bond acceptors (Lipinski definition) is 5. The summed E-state index contributed by atoms with van der Waals surface area (Å²) in [6, 6.07) is 8.98. The number of hydrogen-bond donors (Lipinski definition) is 2. The minimum Gasteiger partial charge on any atom is -0.371 e. The molecular formula is C13H12ClN3OS. The van der Waals surface area contributed by atoms with Gasteiger partial charge >= 0.3 is 0 Å². The van der Waals surface area contributed by atoms with E-state index in [0.29, 0.717) is 23.2 Å². The SMILES string of the molecule is OC(C1=NCCN1)(c1cccc(Cl)n1)c1cccs1. The third-order valence-corrected chi connectivity index (χ3v) is 4.17. The molecular weight excluding hydrogens is 282 g/mol. The number of pyridine rings is 1. The number of nitrogens with one attached hydrogen (secondary N) is 1. The summed E-state index contributed by atoms with van der Waals surface area (Å²) in [7, 11) is 0. The zero-order valence-corrected chi connectivity index (χ0v) is 11.6. The lowest BCUT2D eigenvalue weighted by atomic mass is 9.95. The molecule has 2 aromatic heterocycles. The van der Waals surface area contributed by atoms with Gasteiger partial charge in [-0.15, -0.1) is 11.3 Å². The van der Waals surface area contributed by atoms with Crippen LogP contribution in [0.1, 0.15) is 10.6 Å². The highest BCUT2D eigenvalue weighted by Crippen LogP contribution is 2.33. The van der Waals surface area contributed by atoms with Crippen LogP contribution >= 0.6 is 22.9 Å². The fourth-order valence-electron chi connectivity index (χ4n) is 2.10. The van der Waals surface area contributed by atoms with Gasteiger partial charge in [-0.3, -0.25) is 4.99 Å². The van der Waals surface area contributed by atoms with E-state index < -0.39 is 5.60 Å². The average molecular weight is 294 g/mol. The highest BCUT2D eigenvalue weighted by atomic mass is 35.5. The molecule has 4 nitrogen and oxygen atoms in total. The molecule has 3 heterocycles. The molecule has 1 atom stereocenters. The fraction of sp³-hybridized carbons (Fsp3) is 0.231. The maximum atomic E-state index is 11.2. The summed E-state index contributed by atoms with van der Waals surface area (Å²) in [4.78, 5) is 9.37. The van der Waals surface area contributed by atoms with E-state index in [1.807, 2.05) is 17.5 Å². The number of nitrogens with zero attached hydrogens (tertiary/aromatic N) is 2. The second-order valence-corrected chi connectivity index (χ2v) is 5.53. The quantitative estimate of drug-likeness (QED) is 0.852. The van der Waals surface area contributed by atoms with E-state index >= 15 is 0 Å². The maximum absolute atomic E-state index is 11.2. The van der Waals surface area contributed by atoms with Crippen molar-refractivity contribution in [2.45, 2.75) is 5.60 Å². The van der Waals surface area contributed by atoms with Crippen LogP contribution < -0.4 is 5.32 Å². The van der Waals surface area contributed by atoms with Crippen LogP contribution in [-0.2, 0) is 5.60 Å². The Hall–Kier alpha value is -1.43. The van der Waals surface area contributed by atoms with Crippen LogP contribution in [0.4, 0.5) is 0 Å². The van der Waals surface area contributed by atoms with E-state index in [1.165, 1.54) is 11.3 Å². The number of aliphatic hydroxyl groups is 1. The summed E-state index contributed by atoms with van der Waals surface area (Å²) in [5.74, 6) is 0.532.